The van der Waals surface area contributed by atoms with Crippen molar-refractivity contribution < 1.29 is 4.79 Å². The summed E-state index contributed by atoms with van der Waals surface area (Å²) in [4.78, 5) is 13.5. The van der Waals surface area contributed by atoms with Gasteiger partial charge in [0.15, 0.2) is 0 Å². The molecule has 1 aliphatic heterocycles. The standard InChI is InChI=1S/C18H30N2O/c1-11(19-9-14-8-17(21)20(2)10-14)18-15-4-12-3-13(6-15)7-16(18)5-12/h11-16,18-19H,3-10H2,1-2H3. The summed E-state index contributed by atoms with van der Waals surface area (Å²) in [5, 5.41) is 3.81. The summed E-state index contributed by atoms with van der Waals surface area (Å²) in [6, 6.07) is 0.640. The highest BCUT2D eigenvalue weighted by molar-refractivity contribution is 5.78. The molecule has 0 spiro atoms. The van der Waals surface area contributed by atoms with Crippen LogP contribution in [0.5, 0.6) is 0 Å². The van der Waals surface area contributed by atoms with E-state index < -0.39 is 0 Å². The summed E-state index contributed by atoms with van der Waals surface area (Å²) in [7, 11) is 1.93. The van der Waals surface area contributed by atoms with Crippen LogP contribution in [0.4, 0.5) is 0 Å². The molecule has 0 radical (unpaired) electrons. The van der Waals surface area contributed by atoms with Crippen LogP contribution in [-0.4, -0.2) is 37.0 Å². The summed E-state index contributed by atoms with van der Waals surface area (Å²) in [5.74, 6) is 5.89. The Labute approximate surface area is 128 Å². The van der Waals surface area contributed by atoms with Crippen LogP contribution in [0.3, 0.4) is 0 Å². The molecule has 2 unspecified atom stereocenters. The van der Waals surface area contributed by atoms with E-state index in [1.54, 1.807) is 0 Å². The van der Waals surface area contributed by atoms with E-state index in [9.17, 15) is 4.79 Å². The lowest BCUT2D eigenvalue weighted by Gasteiger charge is -2.56. The highest BCUT2D eigenvalue weighted by Gasteiger charge is 2.49. The van der Waals surface area contributed by atoms with Crippen LogP contribution in [0.2, 0.25) is 0 Å². The molecular weight excluding hydrogens is 260 g/mol. The van der Waals surface area contributed by atoms with Gasteiger partial charge in [-0.05, 0) is 74.5 Å². The minimum atomic E-state index is 0.323. The van der Waals surface area contributed by atoms with Gasteiger partial charge in [-0.3, -0.25) is 4.79 Å². The predicted octanol–water partition coefficient (Wildman–Crippen LogP) is 2.52. The van der Waals surface area contributed by atoms with Crippen molar-refractivity contribution in [1.29, 1.82) is 0 Å². The molecule has 4 bridgehead atoms. The van der Waals surface area contributed by atoms with E-state index in [4.69, 9.17) is 0 Å². The van der Waals surface area contributed by atoms with Crippen LogP contribution >= 0.6 is 0 Å². The van der Waals surface area contributed by atoms with Crippen molar-refractivity contribution in [1.82, 2.24) is 10.2 Å². The average Bonchev–Trinajstić information content (AvgIpc) is 2.74. The lowest BCUT2D eigenvalue weighted by atomic mass is 9.50. The first-order valence-electron chi connectivity index (χ1n) is 9.07. The molecule has 118 valence electrons. The third kappa shape index (κ3) is 2.52. The van der Waals surface area contributed by atoms with Gasteiger partial charge in [0.2, 0.25) is 5.91 Å². The van der Waals surface area contributed by atoms with Gasteiger partial charge >= 0.3 is 0 Å². The summed E-state index contributed by atoms with van der Waals surface area (Å²) in [5.41, 5.74) is 0. The van der Waals surface area contributed by atoms with Crippen molar-refractivity contribution in [3.05, 3.63) is 0 Å². The molecule has 2 atom stereocenters. The highest BCUT2D eigenvalue weighted by atomic mass is 16.2. The zero-order valence-corrected chi connectivity index (χ0v) is 13.6. The van der Waals surface area contributed by atoms with Gasteiger partial charge in [-0.25, -0.2) is 0 Å². The van der Waals surface area contributed by atoms with Gasteiger partial charge in [-0.2, -0.15) is 0 Å². The first-order chi connectivity index (χ1) is 10.1. The maximum Gasteiger partial charge on any atom is 0.222 e. The molecule has 21 heavy (non-hydrogen) atoms. The monoisotopic (exact) mass is 290 g/mol. The van der Waals surface area contributed by atoms with E-state index in [1.165, 1.54) is 32.1 Å². The van der Waals surface area contributed by atoms with E-state index >= 15 is 0 Å². The number of rotatable bonds is 4. The van der Waals surface area contributed by atoms with E-state index in [0.29, 0.717) is 17.9 Å². The van der Waals surface area contributed by atoms with Gasteiger partial charge in [0.1, 0.15) is 0 Å². The van der Waals surface area contributed by atoms with Crippen LogP contribution in [0.1, 0.15) is 45.4 Å². The smallest absolute Gasteiger partial charge is 0.222 e. The van der Waals surface area contributed by atoms with Crippen molar-refractivity contribution in [3.63, 3.8) is 0 Å². The Morgan fingerprint density at radius 1 is 1.14 bits per heavy atom. The fourth-order valence-corrected chi connectivity index (χ4v) is 6.37. The average molecular weight is 290 g/mol. The summed E-state index contributed by atoms with van der Waals surface area (Å²) >= 11 is 0. The molecule has 5 fully saturated rings. The SMILES string of the molecule is CC(NCC1CC(=O)N(C)C1)C1C2CC3CC(C2)CC1C3. The Bertz CT molecular complexity index is 393. The maximum atomic E-state index is 11.6. The molecule has 0 aromatic rings. The molecule has 3 heteroatoms. The number of likely N-dealkylation sites (tertiary alicyclic amines) is 1. The number of hydrogen-bond donors (Lipinski definition) is 1. The minimum absolute atomic E-state index is 0.323. The summed E-state index contributed by atoms with van der Waals surface area (Å²) in [6.07, 6.45) is 8.32. The van der Waals surface area contributed by atoms with Crippen LogP contribution in [-0.2, 0) is 4.79 Å². The first-order valence-corrected chi connectivity index (χ1v) is 9.07. The Balaban J connectivity index is 1.33. The topological polar surface area (TPSA) is 32.3 Å². The van der Waals surface area contributed by atoms with E-state index in [1.807, 2.05) is 11.9 Å². The molecule has 4 aliphatic carbocycles. The zero-order chi connectivity index (χ0) is 14.6. The van der Waals surface area contributed by atoms with Crippen molar-refractivity contribution in [3.8, 4) is 0 Å². The number of nitrogens with one attached hydrogen (secondary N) is 1. The van der Waals surface area contributed by atoms with Gasteiger partial charge in [-0.1, -0.05) is 0 Å². The van der Waals surface area contributed by atoms with Crippen LogP contribution < -0.4 is 5.32 Å². The molecule has 1 N–H and O–H groups in total. The van der Waals surface area contributed by atoms with Crippen LogP contribution in [0.15, 0.2) is 0 Å². The second-order valence-electron chi connectivity index (χ2n) is 8.55. The lowest BCUT2D eigenvalue weighted by molar-refractivity contribution is -0.126. The van der Waals surface area contributed by atoms with Crippen molar-refractivity contribution in [2.24, 2.45) is 35.5 Å². The van der Waals surface area contributed by atoms with Gasteiger partial charge in [0.05, 0.1) is 0 Å². The molecule has 1 saturated heterocycles. The first kappa shape index (κ1) is 14.0. The van der Waals surface area contributed by atoms with E-state index in [0.717, 1.165) is 49.1 Å². The highest BCUT2D eigenvalue weighted by Crippen LogP contribution is 2.57. The summed E-state index contributed by atoms with van der Waals surface area (Å²) < 4.78 is 0. The van der Waals surface area contributed by atoms with Gasteiger partial charge in [-0.15, -0.1) is 0 Å². The van der Waals surface area contributed by atoms with Gasteiger partial charge < -0.3 is 10.2 Å². The minimum Gasteiger partial charge on any atom is -0.345 e. The zero-order valence-electron chi connectivity index (χ0n) is 13.6. The molecule has 0 aromatic heterocycles. The Hall–Kier alpha value is -0.570. The maximum absolute atomic E-state index is 11.6. The number of nitrogens with zero attached hydrogens (tertiary/aromatic N) is 1. The van der Waals surface area contributed by atoms with Crippen molar-refractivity contribution >= 4 is 5.91 Å². The van der Waals surface area contributed by atoms with Crippen LogP contribution in [0, 0.1) is 35.5 Å². The Kier molecular flexibility index (Phi) is 3.52. The molecule has 5 aliphatic rings. The van der Waals surface area contributed by atoms with Gasteiger partial charge in [0, 0.05) is 32.6 Å². The normalized spacial score (nSPS) is 46.4. The lowest BCUT2D eigenvalue weighted by Crippen LogP contribution is -2.52. The van der Waals surface area contributed by atoms with Crippen LogP contribution in [0.25, 0.3) is 0 Å². The second-order valence-corrected chi connectivity index (χ2v) is 8.55. The number of carbonyl (C=O) groups excluding carboxylic acids is 1. The molecule has 1 amide bonds. The number of hydrogen-bond acceptors (Lipinski definition) is 2. The largest absolute Gasteiger partial charge is 0.345 e. The van der Waals surface area contributed by atoms with Gasteiger partial charge in [0.25, 0.3) is 0 Å². The summed E-state index contributed by atoms with van der Waals surface area (Å²) in [6.45, 7) is 4.38. The number of carbonyl (C=O) groups is 1. The Morgan fingerprint density at radius 3 is 2.29 bits per heavy atom. The molecule has 4 saturated carbocycles. The molecular formula is C18H30N2O. The van der Waals surface area contributed by atoms with Crippen molar-refractivity contribution in [2.75, 3.05) is 20.1 Å². The third-order valence-electron chi connectivity index (χ3n) is 7.03. The molecule has 5 rings (SSSR count). The molecule has 0 aromatic carbocycles. The predicted molar refractivity (Wildman–Crippen MR) is 83.7 cm³/mol. The molecule has 3 nitrogen and oxygen atoms in total. The fraction of sp³-hybridized carbons (Fsp3) is 0.944. The fourth-order valence-electron chi connectivity index (χ4n) is 6.37. The van der Waals surface area contributed by atoms with E-state index in [-0.39, 0.29) is 0 Å². The molecule has 1 heterocycles. The Morgan fingerprint density at radius 2 is 1.76 bits per heavy atom. The van der Waals surface area contributed by atoms with Crippen molar-refractivity contribution in [2.45, 2.75) is 51.5 Å². The number of amides is 1. The van der Waals surface area contributed by atoms with E-state index in [2.05, 4.69) is 12.2 Å². The second kappa shape index (κ2) is 5.26. The quantitative estimate of drug-likeness (QED) is 0.863. The third-order valence-corrected chi connectivity index (χ3v) is 7.03.